The molecule has 18 heavy (non-hydrogen) atoms. The molecule has 0 amide bonds. The van der Waals surface area contributed by atoms with Crippen molar-refractivity contribution in [1.29, 1.82) is 0 Å². The van der Waals surface area contributed by atoms with Gasteiger partial charge in [-0.15, -0.1) is 11.8 Å². The van der Waals surface area contributed by atoms with Gasteiger partial charge in [-0.25, -0.2) is 0 Å². The molecule has 1 unspecified atom stereocenters. The van der Waals surface area contributed by atoms with Crippen molar-refractivity contribution < 1.29 is 9.90 Å². The summed E-state index contributed by atoms with van der Waals surface area (Å²) in [4.78, 5) is 13.5. The maximum atomic E-state index is 11.5. The van der Waals surface area contributed by atoms with Gasteiger partial charge >= 0.3 is 5.97 Å². The molecule has 0 aromatic heterocycles. The highest BCUT2D eigenvalue weighted by Gasteiger charge is 2.31. The van der Waals surface area contributed by atoms with Crippen LogP contribution in [0.4, 0.5) is 0 Å². The normalized spacial score (nSPS) is 18.6. The molecule has 1 N–H and O–H groups in total. The summed E-state index contributed by atoms with van der Waals surface area (Å²) < 4.78 is 0. The third-order valence-corrected chi connectivity index (χ3v) is 3.32. The van der Waals surface area contributed by atoms with Crippen LogP contribution in [0.2, 0.25) is 0 Å². The molecule has 0 saturated heterocycles. The predicted molar refractivity (Wildman–Crippen MR) is 70.2 cm³/mol. The Morgan fingerprint density at radius 2 is 2.28 bits per heavy atom. The Balaban J connectivity index is 2.23. The van der Waals surface area contributed by atoms with Crippen LogP contribution in [-0.2, 0) is 11.2 Å². The zero-order valence-corrected chi connectivity index (χ0v) is 10.5. The highest BCUT2D eigenvalue weighted by molar-refractivity contribution is 5.76. The fourth-order valence-electron chi connectivity index (χ4n) is 2.47. The number of hydrogen-bond donors (Lipinski definition) is 1. The first kappa shape index (κ1) is 12.7. The minimum Gasteiger partial charge on any atom is -0.480 e. The summed E-state index contributed by atoms with van der Waals surface area (Å²) in [6.45, 7) is 3.31. The maximum Gasteiger partial charge on any atom is 0.325 e. The van der Waals surface area contributed by atoms with E-state index in [1.807, 2.05) is 29.2 Å². The smallest absolute Gasteiger partial charge is 0.325 e. The number of nitrogens with zero attached hydrogens (tertiary/aromatic N) is 1. The van der Waals surface area contributed by atoms with Gasteiger partial charge in [-0.1, -0.05) is 24.3 Å². The summed E-state index contributed by atoms with van der Waals surface area (Å²) in [5.74, 6) is 5.07. The van der Waals surface area contributed by atoms with Gasteiger partial charge in [0, 0.05) is 19.5 Å². The van der Waals surface area contributed by atoms with Crippen LogP contribution in [0, 0.1) is 11.8 Å². The van der Waals surface area contributed by atoms with E-state index >= 15 is 0 Å². The molecule has 3 nitrogen and oxygen atoms in total. The summed E-state index contributed by atoms with van der Waals surface area (Å²) in [6.07, 6.45) is 1.64. The van der Waals surface area contributed by atoms with Crippen molar-refractivity contribution in [3.05, 3.63) is 35.4 Å². The second-order valence-electron chi connectivity index (χ2n) is 4.40. The molecule has 1 aliphatic rings. The molecule has 0 spiro atoms. The molecule has 2 rings (SSSR count). The molecule has 0 bridgehead atoms. The average molecular weight is 243 g/mol. The van der Waals surface area contributed by atoms with Gasteiger partial charge in [-0.05, 0) is 24.5 Å². The van der Waals surface area contributed by atoms with Crippen molar-refractivity contribution in [2.45, 2.75) is 25.8 Å². The van der Waals surface area contributed by atoms with E-state index in [-0.39, 0.29) is 0 Å². The topological polar surface area (TPSA) is 40.5 Å². The minimum absolute atomic E-state index is 0.520. The molecule has 0 saturated carbocycles. The third-order valence-electron chi connectivity index (χ3n) is 3.32. The Bertz CT molecular complexity index is 499. The molecule has 1 atom stereocenters. The molecule has 1 heterocycles. The Hall–Kier alpha value is -1.79. The zero-order chi connectivity index (χ0) is 13.0. The third kappa shape index (κ3) is 2.55. The molecule has 0 radical (unpaired) electrons. The fourth-order valence-corrected chi connectivity index (χ4v) is 2.47. The van der Waals surface area contributed by atoms with E-state index in [2.05, 4.69) is 11.8 Å². The van der Waals surface area contributed by atoms with E-state index in [1.165, 1.54) is 0 Å². The van der Waals surface area contributed by atoms with E-state index in [9.17, 15) is 9.90 Å². The van der Waals surface area contributed by atoms with Gasteiger partial charge in [0.1, 0.15) is 6.04 Å². The number of carboxylic acid groups (broad SMARTS) is 1. The van der Waals surface area contributed by atoms with Crippen molar-refractivity contribution in [2.24, 2.45) is 0 Å². The van der Waals surface area contributed by atoms with Gasteiger partial charge in [-0.3, -0.25) is 9.69 Å². The van der Waals surface area contributed by atoms with Crippen LogP contribution in [0.3, 0.4) is 0 Å². The van der Waals surface area contributed by atoms with Crippen molar-refractivity contribution in [2.75, 3.05) is 13.1 Å². The second kappa shape index (κ2) is 5.70. The lowest BCUT2D eigenvalue weighted by atomic mass is 9.92. The summed E-state index contributed by atoms with van der Waals surface area (Å²) in [5.41, 5.74) is 2.09. The molecule has 0 aliphatic carbocycles. The van der Waals surface area contributed by atoms with Crippen LogP contribution < -0.4 is 0 Å². The number of rotatable bonds is 3. The van der Waals surface area contributed by atoms with Crippen LogP contribution in [0.1, 0.15) is 30.5 Å². The lowest BCUT2D eigenvalue weighted by Crippen LogP contribution is -2.40. The number of carboxylic acids is 1. The van der Waals surface area contributed by atoms with Gasteiger partial charge in [-0.2, -0.15) is 0 Å². The number of aliphatic carboxylic acids is 1. The SMILES string of the molecule is CC#CCCN1CCc2ccccc2C1C(=O)O. The van der Waals surface area contributed by atoms with Crippen LogP contribution in [0.5, 0.6) is 0 Å². The van der Waals surface area contributed by atoms with Gasteiger partial charge in [0.2, 0.25) is 0 Å². The molecule has 94 valence electrons. The molecular formula is C15H17NO2. The zero-order valence-electron chi connectivity index (χ0n) is 10.5. The van der Waals surface area contributed by atoms with E-state index < -0.39 is 12.0 Å². The van der Waals surface area contributed by atoms with E-state index in [0.717, 1.165) is 30.5 Å². The van der Waals surface area contributed by atoms with E-state index in [0.29, 0.717) is 6.54 Å². The first-order valence-electron chi connectivity index (χ1n) is 6.18. The number of carbonyl (C=O) groups is 1. The molecular weight excluding hydrogens is 226 g/mol. The molecule has 1 aliphatic heterocycles. The number of hydrogen-bond acceptors (Lipinski definition) is 2. The second-order valence-corrected chi connectivity index (χ2v) is 4.40. The van der Waals surface area contributed by atoms with Crippen molar-refractivity contribution in [3.63, 3.8) is 0 Å². The van der Waals surface area contributed by atoms with Crippen molar-refractivity contribution in [1.82, 2.24) is 4.90 Å². The number of benzene rings is 1. The summed E-state index contributed by atoms with van der Waals surface area (Å²) in [7, 11) is 0. The fraction of sp³-hybridized carbons (Fsp3) is 0.400. The highest BCUT2D eigenvalue weighted by atomic mass is 16.4. The van der Waals surface area contributed by atoms with Crippen LogP contribution in [-0.4, -0.2) is 29.1 Å². The Labute approximate surface area is 107 Å². The lowest BCUT2D eigenvalue weighted by molar-refractivity contribution is -0.144. The average Bonchev–Trinajstić information content (AvgIpc) is 2.38. The lowest BCUT2D eigenvalue weighted by Gasteiger charge is -2.34. The largest absolute Gasteiger partial charge is 0.480 e. The van der Waals surface area contributed by atoms with E-state index in [1.54, 1.807) is 6.92 Å². The number of fused-ring (bicyclic) bond motifs is 1. The maximum absolute atomic E-state index is 11.5. The standard InChI is InChI=1S/C15H17NO2/c1-2-3-6-10-16-11-9-12-7-4-5-8-13(12)14(16)15(17)18/h4-5,7-8,14H,6,9-11H2,1H3,(H,17,18). The van der Waals surface area contributed by atoms with Gasteiger partial charge in [0.15, 0.2) is 0 Å². The monoisotopic (exact) mass is 243 g/mol. The minimum atomic E-state index is -0.772. The van der Waals surface area contributed by atoms with E-state index in [4.69, 9.17) is 0 Å². The molecule has 1 aromatic rings. The molecule has 1 aromatic carbocycles. The van der Waals surface area contributed by atoms with Gasteiger partial charge in [0.25, 0.3) is 0 Å². The first-order valence-corrected chi connectivity index (χ1v) is 6.18. The molecule has 3 heteroatoms. The van der Waals surface area contributed by atoms with Crippen molar-refractivity contribution in [3.8, 4) is 11.8 Å². The summed E-state index contributed by atoms with van der Waals surface area (Å²) in [5, 5.41) is 9.43. The first-order chi connectivity index (χ1) is 8.74. The van der Waals surface area contributed by atoms with Crippen molar-refractivity contribution >= 4 is 5.97 Å². The van der Waals surface area contributed by atoms with Gasteiger partial charge in [0.05, 0.1) is 0 Å². The van der Waals surface area contributed by atoms with Crippen LogP contribution >= 0.6 is 0 Å². The molecule has 0 fully saturated rings. The quantitative estimate of drug-likeness (QED) is 0.826. The Morgan fingerprint density at radius 1 is 1.50 bits per heavy atom. The summed E-state index contributed by atoms with van der Waals surface area (Å²) >= 11 is 0. The van der Waals surface area contributed by atoms with Crippen LogP contribution in [0.25, 0.3) is 0 Å². The Kier molecular flexibility index (Phi) is 4.01. The highest BCUT2D eigenvalue weighted by Crippen LogP contribution is 2.29. The van der Waals surface area contributed by atoms with Crippen LogP contribution in [0.15, 0.2) is 24.3 Å². The Morgan fingerprint density at radius 3 is 3.00 bits per heavy atom. The van der Waals surface area contributed by atoms with Gasteiger partial charge < -0.3 is 5.11 Å². The predicted octanol–water partition coefficient (Wildman–Crippen LogP) is 2.08. The summed E-state index contributed by atoms with van der Waals surface area (Å²) in [6, 6.07) is 7.30.